The molecule has 9 heteroatoms. The van der Waals surface area contributed by atoms with Gasteiger partial charge in [-0.05, 0) is 19.1 Å². The maximum Gasteiger partial charge on any atom is 0.267 e. The summed E-state index contributed by atoms with van der Waals surface area (Å²) in [7, 11) is -3.81. The van der Waals surface area contributed by atoms with Crippen LogP contribution in [0.3, 0.4) is 0 Å². The topological polar surface area (TPSA) is 108 Å². The number of nitrogens with two attached hydrogens (primary N) is 1. The first-order valence-electron chi connectivity index (χ1n) is 6.25. The average Bonchev–Trinajstić information content (AvgIpc) is 3.04. The first kappa shape index (κ1) is 13.6. The fourth-order valence-corrected chi connectivity index (χ4v) is 3.08. The van der Waals surface area contributed by atoms with E-state index >= 15 is 0 Å². The predicted octanol–water partition coefficient (Wildman–Crippen LogP) is 1.01. The number of anilines is 2. The van der Waals surface area contributed by atoms with Gasteiger partial charge in [-0.2, -0.15) is 5.10 Å². The molecule has 1 aromatic heterocycles. The van der Waals surface area contributed by atoms with E-state index in [0.717, 1.165) is 0 Å². The van der Waals surface area contributed by atoms with Crippen molar-refractivity contribution in [2.75, 3.05) is 17.2 Å². The summed E-state index contributed by atoms with van der Waals surface area (Å²) in [6.07, 6.45) is 1.39. The third-order valence-corrected chi connectivity index (χ3v) is 4.39. The van der Waals surface area contributed by atoms with Crippen LogP contribution in [0.2, 0.25) is 0 Å². The van der Waals surface area contributed by atoms with Gasteiger partial charge in [0.15, 0.2) is 17.3 Å². The Kier molecular flexibility index (Phi) is 3.13. The van der Waals surface area contributed by atoms with Gasteiger partial charge in [-0.25, -0.2) is 8.42 Å². The lowest BCUT2D eigenvalue weighted by molar-refractivity contribution is 0.174. The average molecular weight is 310 g/mol. The molecule has 8 nitrogen and oxygen atoms in total. The number of aromatic nitrogens is 2. The number of nitrogens with one attached hydrogen (secondary N) is 1. The lowest BCUT2D eigenvalue weighted by Crippen LogP contribution is -2.13. The molecule has 0 saturated heterocycles. The normalized spacial score (nSPS) is 13.4. The molecule has 0 bridgehead atoms. The third kappa shape index (κ3) is 2.47. The number of ether oxygens (including phenoxy) is 2. The Morgan fingerprint density at radius 3 is 2.86 bits per heavy atom. The van der Waals surface area contributed by atoms with E-state index in [1.807, 2.05) is 6.92 Å². The molecular formula is C12H14N4O4S. The summed E-state index contributed by atoms with van der Waals surface area (Å²) >= 11 is 0. The zero-order valence-corrected chi connectivity index (χ0v) is 12.1. The summed E-state index contributed by atoms with van der Waals surface area (Å²) in [4.78, 5) is -0.0537. The summed E-state index contributed by atoms with van der Waals surface area (Å²) < 4.78 is 39.0. The number of benzene rings is 1. The first-order chi connectivity index (χ1) is 9.99. The van der Waals surface area contributed by atoms with Gasteiger partial charge in [0.1, 0.15) is 4.90 Å². The van der Waals surface area contributed by atoms with Crippen molar-refractivity contribution in [1.82, 2.24) is 9.78 Å². The standard InChI is InChI=1S/C12H14N4O4S/c1-2-16-6-11(12(13)14-16)21(17,18)15-8-3-4-9-10(5-8)20-7-19-9/h3-6,15H,2,7H2,1H3,(H2,13,14). The highest BCUT2D eigenvalue weighted by molar-refractivity contribution is 7.92. The van der Waals surface area contributed by atoms with E-state index in [1.165, 1.54) is 10.9 Å². The highest BCUT2D eigenvalue weighted by atomic mass is 32.2. The van der Waals surface area contributed by atoms with Crippen LogP contribution < -0.4 is 19.9 Å². The molecule has 1 aliphatic rings. The van der Waals surface area contributed by atoms with Crippen molar-refractivity contribution in [3.8, 4) is 11.5 Å². The van der Waals surface area contributed by atoms with Gasteiger partial charge < -0.3 is 15.2 Å². The first-order valence-corrected chi connectivity index (χ1v) is 7.73. The second-order valence-electron chi connectivity index (χ2n) is 4.41. The van der Waals surface area contributed by atoms with E-state index in [0.29, 0.717) is 23.7 Å². The van der Waals surface area contributed by atoms with Crippen molar-refractivity contribution >= 4 is 21.5 Å². The fraction of sp³-hybridized carbons (Fsp3) is 0.250. The zero-order valence-electron chi connectivity index (χ0n) is 11.2. The largest absolute Gasteiger partial charge is 0.454 e. The number of nitrogen functional groups attached to an aromatic ring is 1. The van der Waals surface area contributed by atoms with E-state index in [1.54, 1.807) is 18.2 Å². The number of hydrogen-bond acceptors (Lipinski definition) is 6. The van der Waals surface area contributed by atoms with Crippen LogP contribution in [-0.2, 0) is 16.6 Å². The Bertz CT molecular complexity index is 785. The highest BCUT2D eigenvalue weighted by Crippen LogP contribution is 2.35. The van der Waals surface area contributed by atoms with Crippen LogP contribution in [0, 0.1) is 0 Å². The smallest absolute Gasteiger partial charge is 0.267 e. The molecule has 21 heavy (non-hydrogen) atoms. The minimum atomic E-state index is -3.81. The van der Waals surface area contributed by atoms with Crippen molar-refractivity contribution in [3.63, 3.8) is 0 Å². The Morgan fingerprint density at radius 1 is 1.38 bits per heavy atom. The van der Waals surface area contributed by atoms with E-state index in [-0.39, 0.29) is 17.5 Å². The molecule has 1 aliphatic heterocycles. The summed E-state index contributed by atoms with van der Waals surface area (Å²) in [6.45, 7) is 2.50. The van der Waals surface area contributed by atoms with Crippen LogP contribution in [0.1, 0.15) is 6.92 Å². The van der Waals surface area contributed by atoms with E-state index in [4.69, 9.17) is 15.2 Å². The number of hydrogen-bond donors (Lipinski definition) is 2. The molecule has 3 N–H and O–H groups in total. The predicted molar refractivity (Wildman–Crippen MR) is 75.7 cm³/mol. The van der Waals surface area contributed by atoms with Crippen molar-refractivity contribution in [3.05, 3.63) is 24.4 Å². The lowest BCUT2D eigenvalue weighted by Gasteiger charge is -2.07. The van der Waals surface area contributed by atoms with Crippen molar-refractivity contribution in [2.24, 2.45) is 0 Å². The van der Waals surface area contributed by atoms with Crippen molar-refractivity contribution in [2.45, 2.75) is 18.4 Å². The van der Waals surface area contributed by atoms with Gasteiger partial charge in [0, 0.05) is 18.8 Å². The molecule has 1 aromatic carbocycles. The number of aryl methyl sites for hydroxylation is 1. The van der Waals surface area contributed by atoms with E-state index in [9.17, 15) is 8.42 Å². The molecule has 0 spiro atoms. The molecule has 0 atom stereocenters. The minimum absolute atomic E-state index is 0.0370. The Labute approximate surface area is 121 Å². The van der Waals surface area contributed by atoms with Crippen LogP contribution >= 0.6 is 0 Å². The molecule has 0 unspecified atom stereocenters. The Balaban J connectivity index is 1.90. The molecule has 0 radical (unpaired) electrons. The van der Waals surface area contributed by atoms with E-state index in [2.05, 4.69) is 9.82 Å². The monoisotopic (exact) mass is 310 g/mol. The summed E-state index contributed by atoms with van der Waals surface area (Å²) in [5.41, 5.74) is 6.01. The van der Waals surface area contributed by atoms with Crippen LogP contribution in [0.15, 0.2) is 29.3 Å². The second kappa shape index (κ2) is 4.85. The van der Waals surface area contributed by atoms with E-state index < -0.39 is 10.0 Å². The van der Waals surface area contributed by atoms with Crippen LogP contribution in [-0.4, -0.2) is 25.0 Å². The Morgan fingerprint density at radius 2 is 2.14 bits per heavy atom. The number of sulfonamides is 1. The van der Waals surface area contributed by atoms with Gasteiger partial charge in [-0.1, -0.05) is 0 Å². The SMILES string of the molecule is CCn1cc(S(=O)(=O)Nc2ccc3c(c2)OCO3)c(N)n1. The number of rotatable bonds is 4. The van der Waals surface area contributed by atoms with Gasteiger partial charge in [-0.3, -0.25) is 9.40 Å². The molecular weight excluding hydrogens is 296 g/mol. The maximum atomic E-state index is 12.3. The third-order valence-electron chi connectivity index (χ3n) is 2.99. The van der Waals surface area contributed by atoms with Crippen LogP contribution in [0.4, 0.5) is 11.5 Å². The number of nitrogens with zero attached hydrogens (tertiary/aromatic N) is 2. The van der Waals surface area contributed by atoms with Crippen molar-refractivity contribution in [1.29, 1.82) is 0 Å². The molecule has 0 saturated carbocycles. The maximum absolute atomic E-state index is 12.3. The number of fused-ring (bicyclic) bond motifs is 1. The molecule has 0 fully saturated rings. The molecule has 112 valence electrons. The highest BCUT2D eigenvalue weighted by Gasteiger charge is 2.22. The quantitative estimate of drug-likeness (QED) is 0.872. The van der Waals surface area contributed by atoms with Crippen LogP contribution in [0.5, 0.6) is 11.5 Å². The van der Waals surface area contributed by atoms with Gasteiger partial charge >= 0.3 is 0 Å². The zero-order chi connectivity index (χ0) is 15.0. The molecule has 0 amide bonds. The Hall–Kier alpha value is -2.42. The summed E-state index contributed by atoms with van der Waals surface area (Å²) in [5.74, 6) is 1.04. The molecule has 3 rings (SSSR count). The van der Waals surface area contributed by atoms with Crippen LogP contribution in [0.25, 0.3) is 0 Å². The molecule has 0 aliphatic carbocycles. The van der Waals surface area contributed by atoms with Gasteiger partial charge in [-0.15, -0.1) is 0 Å². The minimum Gasteiger partial charge on any atom is -0.454 e. The van der Waals surface area contributed by atoms with Gasteiger partial charge in [0.2, 0.25) is 6.79 Å². The fourth-order valence-electron chi connectivity index (χ4n) is 1.96. The summed E-state index contributed by atoms with van der Waals surface area (Å²) in [5, 5.41) is 3.93. The van der Waals surface area contributed by atoms with Gasteiger partial charge in [0.25, 0.3) is 10.0 Å². The summed E-state index contributed by atoms with van der Waals surface area (Å²) in [6, 6.07) is 4.78. The lowest BCUT2D eigenvalue weighted by atomic mass is 10.3. The molecule has 2 aromatic rings. The van der Waals surface area contributed by atoms with Gasteiger partial charge in [0.05, 0.1) is 5.69 Å². The van der Waals surface area contributed by atoms with Crippen molar-refractivity contribution < 1.29 is 17.9 Å². The molecule has 2 heterocycles. The second-order valence-corrected chi connectivity index (χ2v) is 6.06.